The summed E-state index contributed by atoms with van der Waals surface area (Å²) in [6.07, 6.45) is 2.28. The van der Waals surface area contributed by atoms with Crippen molar-refractivity contribution in [1.29, 1.82) is 0 Å². The van der Waals surface area contributed by atoms with Crippen LogP contribution < -0.4 is 10.1 Å². The minimum Gasteiger partial charge on any atom is -0.489 e. The highest BCUT2D eigenvalue weighted by atomic mass is 19.1. The maximum absolute atomic E-state index is 13.1. The van der Waals surface area contributed by atoms with E-state index in [-0.39, 0.29) is 5.82 Å². The van der Waals surface area contributed by atoms with E-state index in [0.717, 1.165) is 18.5 Å². The van der Waals surface area contributed by atoms with Crippen molar-refractivity contribution in [2.75, 3.05) is 11.9 Å². The van der Waals surface area contributed by atoms with E-state index < -0.39 is 0 Å². The SMILES string of the molecule is Fc1cccc(OCc2cccc3c2NCCC3)c1. The first-order valence-corrected chi connectivity index (χ1v) is 6.56. The number of hydrogen-bond acceptors (Lipinski definition) is 2. The zero-order valence-electron chi connectivity index (χ0n) is 10.7. The lowest BCUT2D eigenvalue weighted by atomic mass is 10.00. The van der Waals surface area contributed by atoms with Crippen molar-refractivity contribution >= 4 is 5.69 Å². The standard InChI is InChI=1S/C16H16FNO/c17-14-7-2-8-15(10-14)19-11-13-5-1-4-12-6-3-9-18-16(12)13/h1-2,4-5,7-8,10,18H,3,6,9,11H2. The maximum atomic E-state index is 13.1. The molecule has 3 heteroatoms. The van der Waals surface area contributed by atoms with Gasteiger partial charge in [-0.15, -0.1) is 0 Å². The van der Waals surface area contributed by atoms with Gasteiger partial charge in [0.15, 0.2) is 0 Å². The molecule has 0 radical (unpaired) electrons. The fourth-order valence-electron chi connectivity index (χ4n) is 2.42. The molecule has 0 fully saturated rings. The quantitative estimate of drug-likeness (QED) is 0.904. The van der Waals surface area contributed by atoms with Crippen LogP contribution in [-0.4, -0.2) is 6.54 Å². The van der Waals surface area contributed by atoms with Crippen LogP contribution in [0.15, 0.2) is 42.5 Å². The van der Waals surface area contributed by atoms with Gasteiger partial charge in [0, 0.05) is 23.9 Å². The number of anilines is 1. The largest absolute Gasteiger partial charge is 0.489 e. The number of benzene rings is 2. The van der Waals surface area contributed by atoms with Crippen LogP contribution in [0, 0.1) is 5.82 Å². The van der Waals surface area contributed by atoms with E-state index in [1.165, 1.54) is 29.8 Å². The summed E-state index contributed by atoms with van der Waals surface area (Å²) >= 11 is 0. The third-order valence-corrected chi connectivity index (χ3v) is 3.35. The van der Waals surface area contributed by atoms with Crippen molar-refractivity contribution < 1.29 is 9.13 Å². The minimum atomic E-state index is -0.272. The number of halogens is 1. The molecule has 98 valence electrons. The highest BCUT2D eigenvalue weighted by Gasteiger charge is 2.12. The molecule has 0 saturated carbocycles. The molecule has 0 bridgehead atoms. The summed E-state index contributed by atoms with van der Waals surface area (Å²) in [4.78, 5) is 0. The van der Waals surface area contributed by atoms with E-state index in [1.807, 2.05) is 0 Å². The Labute approximate surface area is 112 Å². The van der Waals surface area contributed by atoms with E-state index in [4.69, 9.17) is 4.74 Å². The summed E-state index contributed by atoms with van der Waals surface area (Å²) in [7, 11) is 0. The van der Waals surface area contributed by atoms with Crippen molar-refractivity contribution in [1.82, 2.24) is 0 Å². The van der Waals surface area contributed by atoms with Crippen molar-refractivity contribution in [2.24, 2.45) is 0 Å². The Hall–Kier alpha value is -2.03. The molecule has 1 aliphatic heterocycles. The molecule has 0 aliphatic carbocycles. The van der Waals surface area contributed by atoms with E-state index in [9.17, 15) is 4.39 Å². The summed E-state index contributed by atoms with van der Waals surface area (Å²) in [6.45, 7) is 1.46. The van der Waals surface area contributed by atoms with Crippen LogP contribution in [0.5, 0.6) is 5.75 Å². The second kappa shape index (κ2) is 5.31. The first-order valence-electron chi connectivity index (χ1n) is 6.56. The molecule has 0 saturated heterocycles. The molecule has 0 aromatic heterocycles. The zero-order chi connectivity index (χ0) is 13.1. The number of ether oxygens (including phenoxy) is 1. The maximum Gasteiger partial charge on any atom is 0.126 e. The summed E-state index contributed by atoms with van der Waals surface area (Å²) in [5.41, 5.74) is 3.65. The number of hydrogen-bond donors (Lipinski definition) is 1. The van der Waals surface area contributed by atoms with Crippen LogP contribution in [0.3, 0.4) is 0 Å². The summed E-state index contributed by atoms with van der Waals surface area (Å²) in [5.74, 6) is 0.291. The lowest BCUT2D eigenvalue weighted by Crippen LogP contribution is -2.14. The Morgan fingerprint density at radius 2 is 2.05 bits per heavy atom. The predicted octanol–water partition coefficient (Wildman–Crippen LogP) is 3.76. The van der Waals surface area contributed by atoms with Gasteiger partial charge in [0.05, 0.1) is 0 Å². The molecule has 1 aliphatic rings. The Morgan fingerprint density at radius 1 is 1.16 bits per heavy atom. The fourth-order valence-corrected chi connectivity index (χ4v) is 2.42. The van der Waals surface area contributed by atoms with Crippen LogP contribution in [0.25, 0.3) is 0 Å². The summed E-state index contributed by atoms with van der Waals surface area (Å²) in [6, 6.07) is 12.5. The van der Waals surface area contributed by atoms with Gasteiger partial charge < -0.3 is 10.1 Å². The second-order valence-electron chi connectivity index (χ2n) is 4.73. The summed E-state index contributed by atoms with van der Waals surface area (Å²) < 4.78 is 18.7. The molecule has 0 amide bonds. The number of para-hydroxylation sites is 1. The third-order valence-electron chi connectivity index (χ3n) is 3.35. The Kier molecular flexibility index (Phi) is 3.36. The highest BCUT2D eigenvalue weighted by Crippen LogP contribution is 2.27. The molecule has 1 N–H and O–H groups in total. The van der Waals surface area contributed by atoms with Crippen LogP contribution in [0.1, 0.15) is 17.5 Å². The zero-order valence-corrected chi connectivity index (χ0v) is 10.7. The highest BCUT2D eigenvalue weighted by molar-refractivity contribution is 5.59. The number of nitrogens with one attached hydrogen (secondary N) is 1. The van der Waals surface area contributed by atoms with Crippen molar-refractivity contribution in [3.63, 3.8) is 0 Å². The minimum absolute atomic E-state index is 0.272. The van der Waals surface area contributed by atoms with E-state index in [0.29, 0.717) is 12.4 Å². The van der Waals surface area contributed by atoms with Crippen LogP contribution >= 0.6 is 0 Å². The molecule has 3 rings (SSSR count). The molecular formula is C16H16FNO. The van der Waals surface area contributed by atoms with Gasteiger partial charge in [0.2, 0.25) is 0 Å². The van der Waals surface area contributed by atoms with Gasteiger partial charge in [-0.3, -0.25) is 0 Å². The summed E-state index contributed by atoms with van der Waals surface area (Å²) in [5, 5.41) is 3.42. The van der Waals surface area contributed by atoms with Gasteiger partial charge in [0.1, 0.15) is 18.2 Å². The van der Waals surface area contributed by atoms with Crippen molar-refractivity contribution in [2.45, 2.75) is 19.4 Å². The lowest BCUT2D eigenvalue weighted by Gasteiger charge is -2.21. The Balaban J connectivity index is 1.77. The fraction of sp³-hybridized carbons (Fsp3) is 0.250. The van der Waals surface area contributed by atoms with Crippen LogP contribution in [0.4, 0.5) is 10.1 Å². The van der Waals surface area contributed by atoms with E-state index >= 15 is 0 Å². The van der Waals surface area contributed by atoms with Gasteiger partial charge in [-0.25, -0.2) is 4.39 Å². The van der Waals surface area contributed by atoms with Gasteiger partial charge in [-0.2, -0.15) is 0 Å². The first-order chi connectivity index (χ1) is 9.33. The average molecular weight is 257 g/mol. The van der Waals surface area contributed by atoms with Crippen LogP contribution in [-0.2, 0) is 13.0 Å². The lowest BCUT2D eigenvalue weighted by molar-refractivity contribution is 0.305. The number of aryl methyl sites for hydroxylation is 1. The Morgan fingerprint density at radius 3 is 2.95 bits per heavy atom. The Bertz CT molecular complexity index is 583. The molecule has 0 unspecified atom stereocenters. The first kappa shape index (κ1) is 12.0. The molecular weight excluding hydrogens is 241 g/mol. The van der Waals surface area contributed by atoms with Crippen molar-refractivity contribution in [3.8, 4) is 5.75 Å². The second-order valence-corrected chi connectivity index (χ2v) is 4.73. The van der Waals surface area contributed by atoms with Gasteiger partial charge in [0.25, 0.3) is 0 Å². The predicted molar refractivity (Wildman–Crippen MR) is 74.0 cm³/mol. The molecule has 1 heterocycles. The topological polar surface area (TPSA) is 21.3 Å². The molecule has 2 aromatic rings. The number of fused-ring (bicyclic) bond motifs is 1. The normalized spacial score (nSPS) is 13.5. The van der Waals surface area contributed by atoms with Gasteiger partial charge in [-0.05, 0) is 30.5 Å². The molecule has 2 aromatic carbocycles. The van der Waals surface area contributed by atoms with Gasteiger partial charge in [-0.1, -0.05) is 24.3 Å². The van der Waals surface area contributed by atoms with E-state index in [2.05, 4.69) is 23.5 Å². The molecule has 19 heavy (non-hydrogen) atoms. The van der Waals surface area contributed by atoms with E-state index in [1.54, 1.807) is 12.1 Å². The monoisotopic (exact) mass is 257 g/mol. The molecule has 2 nitrogen and oxygen atoms in total. The average Bonchev–Trinajstić information content (AvgIpc) is 2.45. The molecule has 0 atom stereocenters. The van der Waals surface area contributed by atoms with Crippen LogP contribution in [0.2, 0.25) is 0 Å². The number of rotatable bonds is 3. The van der Waals surface area contributed by atoms with Gasteiger partial charge >= 0.3 is 0 Å². The third kappa shape index (κ3) is 2.70. The smallest absolute Gasteiger partial charge is 0.126 e. The molecule has 0 spiro atoms. The van der Waals surface area contributed by atoms with Crippen molar-refractivity contribution in [3.05, 3.63) is 59.4 Å².